The van der Waals surface area contributed by atoms with Crippen molar-refractivity contribution in [2.45, 2.75) is 31.4 Å². The van der Waals surface area contributed by atoms with E-state index in [1.54, 1.807) is 0 Å². The van der Waals surface area contributed by atoms with E-state index in [1.807, 2.05) is 35.7 Å². The molecule has 1 aliphatic carbocycles. The van der Waals surface area contributed by atoms with Gasteiger partial charge in [0, 0.05) is 17.5 Å². The van der Waals surface area contributed by atoms with Crippen molar-refractivity contribution < 1.29 is 9.90 Å². The second kappa shape index (κ2) is 6.46. The van der Waals surface area contributed by atoms with Crippen LogP contribution < -0.4 is 10.6 Å². The van der Waals surface area contributed by atoms with E-state index in [0.717, 1.165) is 35.5 Å². The molecule has 1 heterocycles. The fourth-order valence-corrected chi connectivity index (χ4v) is 3.10. The minimum atomic E-state index is -0.695. The lowest BCUT2D eigenvalue weighted by Crippen LogP contribution is -2.49. The van der Waals surface area contributed by atoms with E-state index in [4.69, 9.17) is 0 Å². The Bertz CT molecular complexity index is 638. The summed E-state index contributed by atoms with van der Waals surface area (Å²) in [6, 6.07) is 9.68. The largest absolute Gasteiger partial charge is 0.388 e. The molecule has 1 fully saturated rings. The predicted molar refractivity (Wildman–Crippen MR) is 86.6 cm³/mol. The smallest absolute Gasteiger partial charge is 0.315 e. The van der Waals surface area contributed by atoms with Crippen LogP contribution in [0.15, 0.2) is 35.7 Å². The van der Waals surface area contributed by atoms with Crippen molar-refractivity contribution >= 4 is 17.4 Å². The third kappa shape index (κ3) is 3.64. The molecule has 0 bridgehead atoms. The number of hydrogen-bond donors (Lipinski definition) is 3. The van der Waals surface area contributed by atoms with Crippen LogP contribution in [0, 0.1) is 0 Å². The van der Waals surface area contributed by atoms with Crippen LogP contribution in [0.3, 0.4) is 0 Å². The van der Waals surface area contributed by atoms with Crippen LogP contribution in [0.5, 0.6) is 0 Å². The van der Waals surface area contributed by atoms with Gasteiger partial charge in [-0.2, -0.15) is 0 Å². The molecule has 1 aromatic carbocycles. The van der Waals surface area contributed by atoms with Gasteiger partial charge in [-0.3, -0.25) is 0 Å². The molecule has 0 atom stereocenters. The standard InChI is InChI=1S/C16H19N3O2S/c20-15(18-11-16(21)7-4-8-16)17-9-14-19-13(10-22-14)12-5-2-1-3-6-12/h1-3,5-6,10,21H,4,7-9,11H2,(H2,17,18,20). The first kappa shape index (κ1) is 15.0. The Morgan fingerprint density at radius 2 is 2.05 bits per heavy atom. The number of thiazole rings is 1. The van der Waals surface area contributed by atoms with Crippen molar-refractivity contribution in [1.29, 1.82) is 0 Å². The maximum atomic E-state index is 11.7. The molecule has 3 N–H and O–H groups in total. The number of carbonyl (C=O) groups excluding carboxylic acids is 1. The van der Waals surface area contributed by atoms with Crippen molar-refractivity contribution in [2.75, 3.05) is 6.54 Å². The van der Waals surface area contributed by atoms with Gasteiger partial charge in [0.05, 0.1) is 17.8 Å². The van der Waals surface area contributed by atoms with Gasteiger partial charge in [0.2, 0.25) is 0 Å². The Labute approximate surface area is 133 Å². The molecule has 22 heavy (non-hydrogen) atoms. The molecule has 0 unspecified atom stereocenters. The number of rotatable bonds is 5. The Morgan fingerprint density at radius 1 is 1.27 bits per heavy atom. The van der Waals surface area contributed by atoms with Crippen molar-refractivity contribution in [3.05, 3.63) is 40.7 Å². The number of nitrogens with zero attached hydrogens (tertiary/aromatic N) is 1. The molecule has 5 nitrogen and oxygen atoms in total. The summed E-state index contributed by atoms with van der Waals surface area (Å²) in [5.41, 5.74) is 1.30. The first-order chi connectivity index (χ1) is 10.6. The Balaban J connectivity index is 1.47. The maximum absolute atomic E-state index is 11.7. The number of aliphatic hydroxyl groups is 1. The van der Waals surface area contributed by atoms with Crippen molar-refractivity contribution in [2.24, 2.45) is 0 Å². The van der Waals surface area contributed by atoms with E-state index in [9.17, 15) is 9.90 Å². The zero-order chi connectivity index (χ0) is 15.4. The van der Waals surface area contributed by atoms with Gasteiger partial charge in [-0.15, -0.1) is 11.3 Å². The van der Waals surface area contributed by atoms with Gasteiger partial charge in [0.25, 0.3) is 0 Å². The van der Waals surface area contributed by atoms with E-state index >= 15 is 0 Å². The summed E-state index contributed by atoms with van der Waals surface area (Å²) in [4.78, 5) is 16.2. The van der Waals surface area contributed by atoms with E-state index < -0.39 is 5.60 Å². The Kier molecular flexibility index (Phi) is 4.40. The van der Waals surface area contributed by atoms with Gasteiger partial charge in [-0.1, -0.05) is 30.3 Å². The molecular weight excluding hydrogens is 298 g/mol. The quantitative estimate of drug-likeness (QED) is 0.793. The number of benzene rings is 1. The third-order valence-corrected chi connectivity index (χ3v) is 4.73. The highest BCUT2D eigenvalue weighted by Gasteiger charge is 2.34. The first-order valence-corrected chi connectivity index (χ1v) is 8.27. The van der Waals surface area contributed by atoms with Gasteiger partial charge in [-0.05, 0) is 19.3 Å². The number of carbonyl (C=O) groups is 1. The second-order valence-electron chi connectivity index (χ2n) is 5.61. The van der Waals surface area contributed by atoms with Crippen molar-refractivity contribution in [1.82, 2.24) is 15.6 Å². The molecule has 0 radical (unpaired) electrons. The van der Waals surface area contributed by atoms with E-state index in [2.05, 4.69) is 15.6 Å². The van der Waals surface area contributed by atoms with Crippen molar-refractivity contribution in [3.63, 3.8) is 0 Å². The molecule has 1 aliphatic rings. The number of urea groups is 1. The summed E-state index contributed by atoms with van der Waals surface area (Å²) in [6.07, 6.45) is 2.56. The first-order valence-electron chi connectivity index (χ1n) is 7.39. The van der Waals surface area contributed by atoms with E-state index in [-0.39, 0.29) is 6.03 Å². The molecule has 2 amide bonds. The molecule has 1 aromatic heterocycles. The zero-order valence-electron chi connectivity index (χ0n) is 12.2. The van der Waals surface area contributed by atoms with Gasteiger partial charge < -0.3 is 15.7 Å². The normalized spacial score (nSPS) is 15.9. The van der Waals surface area contributed by atoms with Crippen LogP contribution in [0.2, 0.25) is 0 Å². The SMILES string of the molecule is O=C(NCc1nc(-c2ccccc2)cs1)NCC1(O)CCC1. The predicted octanol–water partition coefficient (Wildman–Crippen LogP) is 2.52. The molecule has 6 heteroatoms. The summed E-state index contributed by atoms with van der Waals surface area (Å²) in [7, 11) is 0. The van der Waals surface area contributed by atoms with E-state index in [0.29, 0.717) is 13.1 Å². The minimum absolute atomic E-state index is 0.267. The lowest BCUT2D eigenvalue weighted by molar-refractivity contribution is -0.0290. The topological polar surface area (TPSA) is 74.2 Å². The number of nitrogens with one attached hydrogen (secondary N) is 2. The molecule has 2 aromatic rings. The molecular formula is C16H19N3O2S. The molecule has 0 saturated heterocycles. The summed E-state index contributed by atoms with van der Waals surface area (Å²) in [5, 5.41) is 18.2. The van der Waals surface area contributed by atoms with Crippen LogP contribution in [-0.2, 0) is 6.54 Å². The van der Waals surface area contributed by atoms with Crippen LogP contribution in [0.1, 0.15) is 24.3 Å². The highest BCUT2D eigenvalue weighted by atomic mass is 32.1. The minimum Gasteiger partial charge on any atom is -0.388 e. The van der Waals surface area contributed by atoms with Gasteiger partial charge in [0.15, 0.2) is 0 Å². The fraction of sp³-hybridized carbons (Fsp3) is 0.375. The number of hydrogen-bond acceptors (Lipinski definition) is 4. The molecule has 0 spiro atoms. The molecule has 1 saturated carbocycles. The van der Waals surface area contributed by atoms with Gasteiger partial charge in [0.1, 0.15) is 5.01 Å². The average molecular weight is 317 g/mol. The highest BCUT2D eigenvalue weighted by Crippen LogP contribution is 2.30. The number of aromatic nitrogens is 1. The van der Waals surface area contributed by atoms with Gasteiger partial charge >= 0.3 is 6.03 Å². The fourth-order valence-electron chi connectivity index (χ4n) is 2.36. The summed E-state index contributed by atoms with van der Waals surface area (Å²) >= 11 is 1.52. The van der Waals surface area contributed by atoms with E-state index in [1.165, 1.54) is 11.3 Å². The third-order valence-electron chi connectivity index (χ3n) is 3.88. The second-order valence-corrected chi connectivity index (χ2v) is 6.55. The van der Waals surface area contributed by atoms with Crippen LogP contribution >= 0.6 is 11.3 Å². The Morgan fingerprint density at radius 3 is 2.73 bits per heavy atom. The lowest BCUT2D eigenvalue weighted by atomic mass is 9.80. The van der Waals surface area contributed by atoms with Crippen LogP contribution in [0.25, 0.3) is 11.3 Å². The van der Waals surface area contributed by atoms with Gasteiger partial charge in [-0.25, -0.2) is 9.78 Å². The molecule has 116 valence electrons. The molecule has 0 aliphatic heterocycles. The Hall–Kier alpha value is -1.92. The van der Waals surface area contributed by atoms with Crippen LogP contribution in [0.4, 0.5) is 4.79 Å². The number of amides is 2. The monoisotopic (exact) mass is 317 g/mol. The summed E-state index contributed by atoms with van der Waals surface area (Å²) in [5.74, 6) is 0. The lowest BCUT2D eigenvalue weighted by Gasteiger charge is -2.36. The highest BCUT2D eigenvalue weighted by molar-refractivity contribution is 7.09. The average Bonchev–Trinajstić information content (AvgIpc) is 2.99. The summed E-state index contributed by atoms with van der Waals surface area (Å²) in [6.45, 7) is 0.702. The van der Waals surface area contributed by atoms with Crippen LogP contribution in [-0.4, -0.2) is 28.3 Å². The zero-order valence-corrected chi connectivity index (χ0v) is 13.0. The maximum Gasteiger partial charge on any atom is 0.315 e. The molecule has 3 rings (SSSR count). The van der Waals surface area contributed by atoms with Crippen molar-refractivity contribution in [3.8, 4) is 11.3 Å². The summed E-state index contributed by atoms with van der Waals surface area (Å²) < 4.78 is 0.